The first kappa shape index (κ1) is 21.0. The minimum atomic E-state index is -1.08. The zero-order chi connectivity index (χ0) is 22.0. The Kier molecular flexibility index (Phi) is 6.03. The molecule has 9 heteroatoms. The second kappa shape index (κ2) is 8.89. The summed E-state index contributed by atoms with van der Waals surface area (Å²) in [5.41, 5.74) is 2.39. The van der Waals surface area contributed by atoms with Crippen molar-refractivity contribution in [1.29, 1.82) is 0 Å². The normalized spacial score (nSPS) is 14.4. The average Bonchev–Trinajstić information content (AvgIpc) is 3.30. The third kappa shape index (κ3) is 4.18. The maximum atomic E-state index is 12.8. The molecule has 3 aromatic rings. The molecule has 0 bridgehead atoms. The number of esters is 2. The molecule has 0 spiro atoms. The van der Waals surface area contributed by atoms with Gasteiger partial charge < -0.3 is 19.2 Å². The summed E-state index contributed by atoms with van der Waals surface area (Å²) in [6, 6.07) is 4.89. The van der Waals surface area contributed by atoms with E-state index in [4.69, 9.17) is 13.9 Å². The van der Waals surface area contributed by atoms with Crippen molar-refractivity contribution < 1.29 is 28.3 Å². The molecule has 8 nitrogen and oxygen atoms in total. The number of carbonyl (C=O) groups excluding carboxylic acids is 3. The molecule has 0 fully saturated rings. The molecule has 31 heavy (non-hydrogen) atoms. The molecule has 1 unspecified atom stereocenters. The Morgan fingerprint density at radius 1 is 1.16 bits per heavy atom. The molecule has 1 aliphatic carbocycles. The van der Waals surface area contributed by atoms with Crippen LogP contribution in [0.4, 0.5) is 5.00 Å². The van der Waals surface area contributed by atoms with Gasteiger partial charge in [-0.15, -0.1) is 11.3 Å². The third-order valence-electron chi connectivity index (χ3n) is 5.28. The van der Waals surface area contributed by atoms with E-state index >= 15 is 0 Å². The number of anilines is 1. The predicted octanol–water partition coefficient (Wildman–Crippen LogP) is 4.13. The monoisotopic (exact) mass is 442 g/mol. The number of carbonyl (C=O) groups is 3. The van der Waals surface area contributed by atoms with Gasteiger partial charge in [-0.05, 0) is 50.3 Å². The van der Waals surface area contributed by atoms with Crippen molar-refractivity contribution in [3.05, 3.63) is 46.2 Å². The van der Waals surface area contributed by atoms with Crippen molar-refractivity contribution in [3.8, 4) is 0 Å². The lowest BCUT2D eigenvalue weighted by atomic mass is 10.1. The number of hydrogen-bond donors (Lipinski definition) is 1. The van der Waals surface area contributed by atoms with Gasteiger partial charge in [0.25, 0.3) is 5.91 Å². The number of hydrogen-bond acceptors (Lipinski definition) is 8. The van der Waals surface area contributed by atoms with Gasteiger partial charge >= 0.3 is 11.9 Å². The Bertz CT molecular complexity index is 1150. The molecule has 0 saturated heterocycles. The van der Waals surface area contributed by atoms with Crippen LogP contribution in [-0.2, 0) is 27.1 Å². The standard InChI is InChI=1S/C22H22N2O6S/c1-12(30-21(26)14-8-6-9-15-18(14)23-11-29-15)19(25)24-20-17(22(27)28-2)13-7-4-3-5-10-16(13)31-20/h6,8-9,11-12H,3-5,7,10H2,1-2H3,(H,24,25). The van der Waals surface area contributed by atoms with Crippen molar-refractivity contribution >= 4 is 45.3 Å². The number of methoxy groups -OCH3 is 1. The fourth-order valence-electron chi connectivity index (χ4n) is 3.69. The van der Waals surface area contributed by atoms with E-state index in [9.17, 15) is 14.4 Å². The molecule has 1 N–H and O–H groups in total. The summed E-state index contributed by atoms with van der Waals surface area (Å²) in [6.45, 7) is 1.48. The summed E-state index contributed by atoms with van der Waals surface area (Å²) < 4.78 is 15.5. The van der Waals surface area contributed by atoms with Gasteiger partial charge in [-0.25, -0.2) is 14.6 Å². The number of nitrogens with zero attached hydrogens (tertiary/aromatic N) is 1. The highest BCUT2D eigenvalue weighted by molar-refractivity contribution is 7.17. The van der Waals surface area contributed by atoms with Crippen LogP contribution in [0.25, 0.3) is 11.1 Å². The summed E-state index contributed by atoms with van der Waals surface area (Å²) in [5.74, 6) is -1.68. The van der Waals surface area contributed by atoms with E-state index in [1.807, 2.05) is 0 Å². The number of ether oxygens (including phenoxy) is 2. The van der Waals surface area contributed by atoms with Gasteiger partial charge in [0, 0.05) is 4.88 Å². The molecule has 2 aromatic heterocycles. The number of benzene rings is 1. The maximum Gasteiger partial charge on any atom is 0.341 e. The molecule has 4 rings (SSSR count). The number of amides is 1. The number of aromatic nitrogens is 1. The van der Waals surface area contributed by atoms with E-state index in [0.717, 1.165) is 42.5 Å². The van der Waals surface area contributed by atoms with Crippen molar-refractivity contribution in [2.75, 3.05) is 12.4 Å². The Morgan fingerprint density at radius 2 is 1.97 bits per heavy atom. The molecule has 1 aliphatic rings. The number of rotatable bonds is 5. The fourth-order valence-corrected chi connectivity index (χ4v) is 4.97. The van der Waals surface area contributed by atoms with Crippen molar-refractivity contribution in [1.82, 2.24) is 4.98 Å². The molecule has 1 aromatic carbocycles. The molecule has 162 valence electrons. The number of nitrogens with one attached hydrogen (secondary N) is 1. The first-order chi connectivity index (χ1) is 15.0. The van der Waals surface area contributed by atoms with Crippen LogP contribution in [0, 0.1) is 0 Å². The second-order valence-corrected chi connectivity index (χ2v) is 8.41. The second-order valence-electron chi connectivity index (χ2n) is 7.30. The number of fused-ring (bicyclic) bond motifs is 2. The summed E-state index contributed by atoms with van der Waals surface area (Å²) >= 11 is 1.39. The molecular formula is C22H22N2O6S. The van der Waals surface area contributed by atoms with Crippen LogP contribution >= 0.6 is 11.3 Å². The van der Waals surface area contributed by atoms with Gasteiger partial charge in [0.2, 0.25) is 0 Å². The lowest BCUT2D eigenvalue weighted by Crippen LogP contribution is -2.30. The highest BCUT2D eigenvalue weighted by Gasteiger charge is 2.28. The van der Waals surface area contributed by atoms with Gasteiger partial charge in [0.05, 0.1) is 18.2 Å². The topological polar surface area (TPSA) is 108 Å². The first-order valence-electron chi connectivity index (χ1n) is 10.1. The molecule has 0 radical (unpaired) electrons. The smallest absolute Gasteiger partial charge is 0.341 e. The van der Waals surface area contributed by atoms with E-state index < -0.39 is 23.9 Å². The van der Waals surface area contributed by atoms with Crippen LogP contribution in [0.15, 0.2) is 29.0 Å². The zero-order valence-corrected chi connectivity index (χ0v) is 18.0. The number of oxazole rings is 1. The molecule has 0 saturated carbocycles. The van der Waals surface area contributed by atoms with Gasteiger partial charge in [0.15, 0.2) is 18.1 Å². The fraction of sp³-hybridized carbons (Fsp3) is 0.364. The minimum Gasteiger partial charge on any atom is -0.465 e. The SMILES string of the molecule is COC(=O)c1c(NC(=O)C(C)OC(=O)c2cccc3ocnc23)sc2c1CCCCC2. The maximum absolute atomic E-state index is 12.8. The van der Waals surface area contributed by atoms with E-state index in [0.29, 0.717) is 21.7 Å². The Hall–Kier alpha value is -3.20. The van der Waals surface area contributed by atoms with E-state index in [2.05, 4.69) is 10.3 Å². The van der Waals surface area contributed by atoms with Crippen LogP contribution in [0.1, 0.15) is 57.3 Å². The largest absolute Gasteiger partial charge is 0.465 e. The Labute approximate surface area is 182 Å². The van der Waals surface area contributed by atoms with Gasteiger partial charge in [-0.3, -0.25) is 4.79 Å². The van der Waals surface area contributed by atoms with Gasteiger partial charge in [0.1, 0.15) is 10.5 Å². The molecular weight excluding hydrogens is 420 g/mol. The Balaban J connectivity index is 1.52. The summed E-state index contributed by atoms with van der Waals surface area (Å²) in [7, 11) is 1.32. The quantitative estimate of drug-likeness (QED) is 0.467. The molecule has 1 amide bonds. The van der Waals surface area contributed by atoms with Crippen LogP contribution in [0.5, 0.6) is 0 Å². The number of aryl methyl sites for hydroxylation is 1. The zero-order valence-electron chi connectivity index (χ0n) is 17.2. The molecule has 1 atom stereocenters. The van der Waals surface area contributed by atoms with Crippen LogP contribution in [-0.4, -0.2) is 36.0 Å². The average molecular weight is 442 g/mol. The van der Waals surface area contributed by atoms with E-state index in [-0.39, 0.29) is 5.56 Å². The van der Waals surface area contributed by atoms with E-state index in [1.165, 1.54) is 31.8 Å². The highest BCUT2D eigenvalue weighted by Crippen LogP contribution is 2.38. The molecule has 0 aliphatic heterocycles. The lowest BCUT2D eigenvalue weighted by Gasteiger charge is -2.14. The van der Waals surface area contributed by atoms with Crippen LogP contribution in [0.2, 0.25) is 0 Å². The number of para-hydroxylation sites is 1. The summed E-state index contributed by atoms with van der Waals surface area (Å²) in [5, 5.41) is 3.19. The lowest BCUT2D eigenvalue weighted by molar-refractivity contribution is -0.123. The van der Waals surface area contributed by atoms with E-state index in [1.54, 1.807) is 18.2 Å². The summed E-state index contributed by atoms with van der Waals surface area (Å²) in [6.07, 6.45) is 4.94. The van der Waals surface area contributed by atoms with Gasteiger partial charge in [-0.2, -0.15) is 0 Å². The third-order valence-corrected chi connectivity index (χ3v) is 6.49. The van der Waals surface area contributed by atoms with Gasteiger partial charge in [-0.1, -0.05) is 12.5 Å². The Morgan fingerprint density at radius 3 is 2.77 bits per heavy atom. The molecule has 2 heterocycles. The predicted molar refractivity (Wildman–Crippen MR) is 114 cm³/mol. The van der Waals surface area contributed by atoms with Crippen molar-refractivity contribution in [3.63, 3.8) is 0 Å². The van der Waals surface area contributed by atoms with Crippen LogP contribution < -0.4 is 5.32 Å². The highest BCUT2D eigenvalue weighted by atomic mass is 32.1. The van der Waals surface area contributed by atoms with Crippen molar-refractivity contribution in [2.24, 2.45) is 0 Å². The first-order valence-corrected chi connectivity index (χ1v) is 10.9. The van der Waals surface area contributed by atoms with Crippen molar-refractivity contribution in [2.45, 2.75) is 45.1 Å². The summed E-state index contributed by atoms with van der Waals surface area (Å²) in [4.78, 5) is 42.9. The number of thiophene rings is 1. The minimum absolute atomic E-state index is 0.212. The van der Waals surface area contributed by atoms with Crippen LogP contribution in [0.3, 0.4) is 0 Å².